The Balaban J connectivity index is 2.45. The van der Waals surface area contributed by atoms with Crippen molar-refractivity contribution in [2.24, 2.45) is 0 Å². The van der Waals surface area contributed by atoms with E-state index in [0.717, 1.165) is 12.0 Å². The molecule has 0 fully saturated rings. The fraction of sp³-hybridized carbons (Fsp3) is 0.222. The highest BCUT2D eigenvalue weighted by molar-refractivity contribution is 6.11. The van der Waals surface area contributed by atoms with Crippen LogP contribution in [-0.2, 0) is 11.2 Å². The molecule has 4 nitrogen and oxygen atoms in total. The van der Waals surface area contributed by atoms with Gasteiger partial charge in [0, 0.05) is 5.56 Å². The van der Waals surface area contributed by atoms with Gasteiger partial charge in [-0.1, -0.05) is 25.1 Å². The molecule has 0 unspecified atom stereocenters. The third-order valence-corrected chi connectivity index (χ3v) is 3.46. The molecule has 0 aliphatic rings. The molecule has 0 atom stereocenters. The molecular formula is C18H18O4. The number of carbonyl (C=O) groups is 2. The number of ketones is 1. The van der Waals surface area contributed by atoms with E-state index >= 15 is 0 Å². The van der Waals surface area contributed by atoms with Gasteiger partial charge in [0.15, 0.2) is 5.78 Å². The molecule has 22 heavy (non-hydrogen) atoms. The molecule has 0 aliphatic heterocycles. The van der Waals surface area contributed by atoms with Crippen molar-refractivity contribution in [2.75, 3.05) is 14.2 Å². The summed E-state index contributed by atoms with van der Waals surface area (Å²) >= 11 is 0. The van der Waals surface area contributed by atoms with Crippen molar-refractivity contribution in [1.29, 1.82) is 0 Å². The number of hydrogen-bond acceptors (Lipinski definition) is 4. The van der Waals surface area contributed by atoms with Gasteiger partial charge in [-0.2, -0.15) is 0 Å². The van der Waals surface area contributed by atoms with E-state index in [2.05, 4.69) is 4.74 Å². The van der Waals surface area contributed by atoms with Crippen molar-refractivity contribution >= 4 is 11.8 Å². The highest BCUT2D eigenvalue weighted by Crippen LogP contribution is 2.24. The van der Waals surface area contributed by atoms with Gasteiger partial charge >= 0.3 is 5.97 Å². The molecule has 0 radical (unpaired) electrons. The maximum atomic E-state index is 12.7. The Labute approximate surface area is 129 Å². The van der Waals surface area contributed by atoms with Crippen LogP contribution in [0.5, 0.6) is 5.75 Å². The van der Waals surface area contributed by atoms with E-state index in [1.165, 1.54) is 20.3 Å². The van der Waals surface area contributed by atoms with E-state index in [4.69, 9.17) is 4.74 Å². The van der Waals surface area contributed by atoms with Gasteiger partial charge in [0.1, 0.15) is 5.75 Å². The van der Waals surface area contributed by atoms with Crippen molar-refractivity contribution in [3.63, 3.8) is 0 Å². The third-order valence-electron chi connectivity index (χ3n) is 3.46. The summed E-state index contributed by atoms with van der Waals surface area (Å²) in [6, 6.07) is 12.0. The normalized spacial score (nSPS) is 10.1. The molecule has 0 N–H and O–H groups in total. The largest absolute Gasteiger partial charge is 0.496 e. The number of ether oxygens (including phenoxy) is 2. The van der Waals surface area contributed by atoms with Crippen LogP contribution in [0.1, 0.15) is 38.8 Å². The summed E-state index contributed by atoms with van der Waals surface area (Å²) in [7, 11) is 2.84. The molecule has 0 aromatic heterocycles. The molecule has 4 heteroatoms. The van der Waals surface area contributed by atoms with Gasteiger partial charge in [-0.25, -0.2) is 4.79 Å². The lowest BCUT2D eigenvalue weighted by Gasteiger charge is -2.10. The summed E-state index contributed by atoms with van der Waals surface area (Å²) in [5.41, 5.74) is 2.31. The first kappa shape index (κ1) is 15.8. The molecule has 0 saturated carbocycles. The van der Waals surface area contributed by atoms with Gasteiger partial charge in [0.05, 0.1) is 25.3 Å². The van der Waals surface area contributed by atoms with Gasteiger partial charge in [-0.15, -0.1) is 0 Å². The van der Waals surface area contributed by atoms with Crippen molar-refractivity contribution in [2.45, 2.75) is 13.3 Å². The molecule has 0 aliphatic carbocycles. The fourth-order valence-electron chi connectivity index (χ4n) is 2.21. The second kappa shape index (κ2) is 6.89. The Morgan fingerprint density at radius 1 is 1.00 bits per heavy atom. The lowest BCUT2D eigenvalue weighted by atomic mass is 9.98. The minimum Gasteiger partial charge on any atom is -0.496 e. The van der Waals surface area contributed by atoms with Crippen LogP contribution in [0.4, 0.5) is 0 Å². The highest BCUT2D eigenvalue weighted by Gasteiger charge is 2.17. The Morgan fingerprint density at radius 3 is 2.36 bits per heavy atom. The van der Waals surface area contributed by atoms with Gasteiger partial charge in [-0.05, 0) is 36.2 Å². The predicted octanol–water partition coefficient (Wildman–Crippen LogP) is 3.28. The minimum atomic E-state index is -0.469. The molecular weight excluding hydrogens is 280 g/mol. The van der Waals surface area contributed by atoms with Crippen molar-refractivity contribution < 1.29 is 19.1 Å². The maximum Gasteiger partial charge on any atom is 0.337 e. The summed E-state index contributed by atoms with van der Waals surface area (Å²) < 4.78 is 9.96. The lowest BCUT2D eigenvalue weighted by molar-refractivity contribution is 0.0600. The summed E-state index contributed by atoms with van der Waals surface area (Å²) in [6.07, 6.45) is 0.826. The maximum absolute atomic E-state index is 12.7. The van der Waals surface area contributed by atoms with Crippen LogP contribution in [0.3, 0.4) is 0 Å². The second-order valence-corrected chi connectivity index (χ2v) is 4.79. The summed E-state index contributed by atoms with van der Waals surface area (Å²) in [6.45, 7) is 2.02. The number of esters is 1. The topological polar surface area (TPSA) is 52.6 Å². The van der Waals surface area contributed by atoms with Crippen LogP contribution in [-0.4, -0.2) is 26.0 Å². The first-order valence-electron chi connectivity index (χ1n) is 7.00. The predicted molar refractivity (Wildman–Crippen MR) is 83.6 cm³/mol. The van der Waals surface area contributed by atoms with Crippen molar-refractivity contribution in [3.05, 3.63) is 64.7 Å². The first-order valence-corrected chi connectivity index (χ1v) is 7.00. The molecule has 2 aromatic carbocycles. The summed E-state index contributed by atoms with van der Waals surface area (Å²) in [5, 5.41) is 0. The summed E-state index contributed by atoms with van der Waals surface area (Å²) in [4.78, 5) is 24.3. The van der Waals surface area contributed by atoms with E-state index in [1.54, 1.807) is 24.3 Å². The quantitative estimate of drug-likeness (QED) is 0.628. The van der Waals surface area contributed by atoms with Gasteiger partial charge in [0.25, 0.3) is 0 Å². The van der Waals surface area contributed by atoms with Crippen LogP contribution < -0.4 is 4.74 Å². The third kappa shape index (κ3) is 3.17. The van der Waals surface area contributed by atoms with Gasteiger partial charge in [0.2, 0.25) is 0 Å². The Kier molecular flexibility index (Phi) is 4.94. The van der Waals surface area contributed by atoms with E-state index in [1.807, 2.05) is 19.1 Å². The Hall–Kier alpha value is -2.62. The van der Waals surface area contributed by atoms with E-state index < -0.39 is 5.97 Å². The molecule has 114 valence electrons. The van der Waals surface area contributed by atoms with Gasteiger partial charge < -0.3 is 9.47 Å². The number of carbonyl (C=O) groups excluding carboxylic acids is 2. The number of benzene rings is 2. The van der Waals surface area contributed by atoms with Crippen molar-refractivity contribution in [3.8, 4) is 5.75 Å². The SMILES string of the molecule is CCc1ccc(OC)c(C(=O)c2cccc(C(=O)OC)c2)c1. The number of hydrogen-bond donors (Lipinski definition) is 0. The molecule has 0 spiro atoms. The van der Waals surface area contributed by atoms with Crippen LogP contribution in [0, 0.1) is 0 Å². The molecule has 2 rings (SSSR count). The van der Waals surface area contributed by atoms with Crippen LogP contribution in [0.25, 0.3) is 0 Å². The van der Waals surface area contributed by atoms with E-state index in [9.17, 15) is 9.59 Å². The van der Waals surface area contributed by atoms with Crippen LogP contribution >= 0.6 is 0 Å². The zero-order chi connectivity index (χ0) is 16.1. The minimum absolute atomic E-state index is 0.182. The van der Waals surface area contributed by atoms with Crippen molar-refractivity contribution in [1.82, 2.24) is 0 Å². The average molecular weight is 298 g/mol. The zero-order valence-electron chi connectivity index (χ0n) is 12.9. The van der Waals surface area contributed by atoms with Crippen LogP contribution in [0.15, 0.2) is 42.5 Å². The average Bonchev–Trinajstić information content (AvgIpc) is 2.59. The Morgan fingerprint density at radius 2 is 1.73 bits per heavy atom. The van der Waals surface area contributed by atoms with E-state index in [-0.39, 0.29) is 5.78 Å². The second-order valence-electron chi connectivity index (χ2n) is 4.79. The molecule has 0 bridgehead atoms. The first-order chi connectivity index (χ1) is 10.6. The fourth-order valence-corrected chi connectivity index (χ4v) is 2.21. The molecule has 0 amide bonds. The smallest absolute Gasteiger partial charge is 0.337 e. The van der Waals surface area contributed by atoms with Gasteiger partial charge in [-0.3, -0.25) is 4.79 Å². The van der Waals surface area contributed by atoms with E-state index in [0.29, 0.717) is 22.4 Å². The molecule has 0 heterocycles. The number of aryl methyl sites for hydroxylation is 1. The lowest BCUT2D eigenvalue weighted by Crippen LogP contribution is -2.07. The molecule has 0 saturated heterocycles. The molecule has 2 aromatic rings. The number of rotatable bonds is 5. The number of methoxy groups -OCH3 is 2. The monoisotopic (exact) mass is 298 g/mol. The Bertz CT molecular complexity index is 704. The van der Waals surface area contributed by atoms with Crippen LogP contribution in [0.2, 0.25) is 0 Å². The standard InChI is InChI=1S/C18H18O4/c1-4-12-8-9-16(21-2)15(10-12)17(19)13-6-5-7-14(11-13)18(20)22-3/h5-11H,4H2,1-3H3. The summed E-state index contributed by atoms with van der Waals surface area (Å²) in [5.74, 6) is -0.132. The highest BCUT2D eigenvalue weighted by atomic mass is 16.5. The zero-order valence-corrected chi connectivity index (χ0v) is 12.9.